The van der Waals surface area contributed by atoms with Crippen LogP contribution < -0.4 is 10.1 Å². The molecule has 0 heterocycles. The summed E-state index contributed by atoms with van der Waals surface area (Å²) in [4.78, 5) is 22.1. The Hall–Kier alpha value is -1.75. The molecule has 0 bridgehead atoms. The van der Waals surface area contributed by atoms with Crippen LogP contribution in [0.2, 0.25) is 5.02 Å². The lowest BCUT2D eigenvalue weighted by Gasteiger charge is -2.12. The number of amides is 1. The van der Waals surface area contributed by atoms with Crippen molar-refractivity contribution in [1.82, 2.24) is 5.32 Å². The molecule has 1 atom stereocenters. The highest BCUT2D eigenvalue weighted by atomic mass is 35.5. The Morgan fingerprint density at radius 2 is 2.00 bits per heavy atom. The fourth-order valence-electron chi connectivity index (χ4n) is 1.25. The molecule has 2 N–H and O–H groups in total. The second kappa shape index (κ2) is 6.86. The van der Waals surface area contributed by atoms with Crippen LogP contribution in [-0.4, -0.2) is 29.6 Å². The fourth-order valence-corrected chi connectivity index (χ4v) is 1.38. The van der Waals surface area contributed by atoms with Crippen molar-refractivity contribution < 1.29 is 19.4 Å². The number of rotatable bonds is 6. The number of carbonyl (C=O) groups excluding carboxylic acids is 1. The monoisotopic (exact) mass is 271 g/mol. The molecule has 1 amide bonds. The summed E-state index contributed by atoms with van der Waals surface area (Å²) in [6.07, 6.45) is 0.321. The number of carboxylic acids is 1. The Kier molecular flexibility index (Phi) is 5.45. The van der Waals surface area contributed by atoms with Gasteiger partial charge in [0.25, 0.3) is 5.91 Å². The van der Waals surface area contributed by atoms with Gasteiger partial charge in [-0.3, -0.25) is 4.79 Å². The molecule has 98 valence electrons. The van der Waals surface area contributed by atoms with Crippen molar-refractivity contribution in [2.75, 3.05) is 6.61 Å². The molecular weight excluding hydrogens is 258 g/mol. The number of aliphatic carboxylic acids is 1. The first kappa shape index (κ1) is 14.3. The van der Waals surface area contributed by atoms with Gasteiger partial charge in [0.15, 0.2) is 6.61 Å². The van der Waals surface area contributed by atoms with Crippen molar-refractivity contribution in [1.29, 1.82) is 0 Å². The van der Waals surface area contributed by atoms with E-state index in [9.17, 15) is 9.59 Å². The van der Waals surface area contributed by atoms with Crippen molar-refractivity contribution >= 4 is 23.5 Å². The average Bonchev–Trinajstić information content (AvgIpc) is 2.35. The van der Waals surface area contributed by atoms with Gasteiger partial charge in [0.1, 0.15) is 11.8 Å². The van der Waals surface area contributed by atoms with E-state index in [4.69, 9.17) is 21.4 Å². The van der Waals surface area contributed by atoms with Gasteiger partial charge in [0, 0.05) is 5.02 Å². The zero-order valence-corrected chi connectivity index (χ0v) is 10.6. The third-order valence-electron chi connectivity index (χ3n) is 2.23. The lowest BCUT2D eigenvalue weighted by molar-refractivity contribution is -0.142. The highest BCUT2D eigenvalue weighted by Crippen LogP contribution is 2.15. The van der Waals surface area contributed by atoms with Crippen molar-refractivity contribution in [3.63, 3.8) is 0 Å². The van der Waals surface area contributed by atoms with Crippen LogP contribution in [-0.2, 0) is 9.59 Å². The van der Waals surface area contributed by atoms with Crippen LogP contribution in [0.4, 0.5) is 0 Å². The highest BCUT2D eigenvalue weighted by Gasteiger charge is 2.17. The molecule has 1 aromatic carbocycles. The Morgan fingerprint density at radius 1 is 1.39 bits per heavy atom. The van der Waals surface area contributed by atoms with Gasteiger partial charge in [-0.1, -0.05) is 18.5 Å². The van der Waals surface area contributed by atoms with E-state index in [0.29, 0.717) is 17.2 Å². The summed E-state index contributed by atoms with van der Waals surface area (Å²) in [5.74, 6) is -1.03. The highest BCUT2D eigenvalue weighted by molar-refractivity contribution is 6.30. The first-order chi connectivity index (χ1) is 8.52. The molecule has 1 aromatic rings. The summed E-state index contributed by atoms with van der Waals surface area (Å²) >= 11 is 5.70. The van der Waals surface area contributed by atoms with Gasteiger partial charge in [0.05, 0.1) is 0 Å². The number of hydrogen-bond donors (Lipinski definition) is 2. The summed E-state index contributed by atoms with van der Waals surface area (Å²) < 4.78 is 5.18. The number of carboxylic acid groups (broad SMARTS) is 1. The molecule has 0 saturated carbocycles. The zero-order valence-electron chi connectivity index (χ0n) is 9.85. The molecule has 0 aliphatic heterocycles. The number of halogens is 1. The molecule has 0 radical (unpaired) electrons. The van der Waals surface area contributed by atoms with E-state index in [1.807, 2.05) is 0 Å². The largest absolute Gasteiger partial charge is 0.484 e. The molecule has 0 unspecified atom stereocenters. The molecule has 0 fully saturated rings. The average molecular weight is 272 g/mol. The van der Waals surface area contributed by atoms with Crippen LogP contribution in [0.1, 0.15) is 13.3 Å². The van der Waals surface area contributed by atoms with E-state index in [1.54, 1.807) is 31.2 Å². The molecule has 0 aromatic heterocycles. The first-order valence-electron chi connectivity index (χ1n) is 5.43. The summed E-state index contributed by atoms with van der Waals surface area (Å²) in [5.41, 5.74) is 0. The molecule has 0 aliphatic carbocycles. The number of hydrogen-bond acceptors (Lipinski definition) is 3. The summed E-state index contributed by atoms with van der Waals surface area (Å²) in [5, 5.41) is 11.7. The number of ether oxygens (including phenoxy) is 1. The third-order valence-corrected chi connectivity index (χ3v) is 2.48. The van der Waals surface area contributed by atoms with E-state index in [2.05, 4.69) is 5.32 Å². The topological polar surface area (TPSA) is 75.6 Å². The SMILES string of the molecule is CC[C@H](NC(=O)COc1ccc(Cl)cc1)C(=O)O. The quantitative estimate of drug-likeness (QED) is 0.826. The van der Waals surface area contributed by atoms with E-state index < -0.39 is 17.9 Å². The minimum absolute atomic E-state index is 0.231. The molecular formula is C12H14ClNO4. The minimum atomic E-state index is -1.06. The number of nitrogens with one attached hydrogen (secondary N) is 1. The molecule has 18 heavy (non-hydrogen) atoms. The first-order valence-corrected chi connectivity index (χ1v) is 5.81. The lowest BCUT2D eigenvalue weighted by atomic mass is 10.2. The van der Waals surface area contributed by atoms with Gasteiger partial charge in [-0.15, -0.1) is 0 Å². The minimum Gasteiger partial charge on any atom is -0.484 e. The van der Waals surface area contributed by atoms with Gasteiger partial charge in [-0.05, 0) is 30.7 Å². The van der Waals surface area contributed by atoms with Crippen LogP contribution in [0.15, 0.2) is 24.3 Å². The van der Waals surface area contributed by atoms with Gasteiger partial charge in [0.2, 0.25) is 0 Å². The molecule has 0 aliphatic rings. The smallest absolute Gasteiger partial charge is 0.326 e. The second-order valence-corrected chi connectivity index (χ2v) is 4.05. The Labute approximate surface area is 110 Å². The molecule has 1 rings (SSSR count). The van der Waals surface area contributed by atoms with Gasteiger partial charge >= 0.3 is 5.97 Å². The Bertz CT molecular complexity index is 419. The molecule has 5 nitrogen and oxygen atoms in total. The van der Waals surface area contributed by atoms with Gasteiger partial charge in [-0.25, -0.2) is 4.79 Å². The predicted molar refractivity (Wildman–Crippen MR) is 66.8 cm³/mol. The number of carbonyl (C=O) groups is 2. The molecule has 0 spiro atoms. The standard InChI is InChI=1S/C12H14ClNO4/c1-2-10(12(16)17)14-11(15)7-18-9-5-3-8(13)4-6-9/h3-6,10H,2,7H2,1H3,(H,14,15)(H,16,17)/t10-/m0/s1. The van der Waals surface area contributed by atoms with Crippen LogP contribution in [0.3, 0.4) is 0 Å². The van der Waals surface area contributed by atoms with Crippen LogP contribution in [0, 0.1) is 0 Å². The maximum atomic E-state index is 11.4. The summed E-state index contributed by atoms with van der Waals surface area (Å²) in [6.45, 7) is 1.45. The predicted octanol–water partition coefficient (Wildman–Crippen LogP) is 1.70. The van der Waals surface area contributed by atoms with Gasteiger partial charge in [-0.2, -0.15) is 0 Å². The van der Waals surface area contributed by atoms with Crippen molar-refractivity contribution in [2.24, 2.45) is 0 Å². The van der Waals surface area contributed by atoms with Gasteiger partial charge < -0.3 is 15.2 Å². The molecule has 0 saturated heterocycles. The van der Waals surface area contributed by atoms with Crippen molar-refractivity contribution in [3.8, 4) is 5.75 Å². The third kappa shape index (κ3) is 4.63. The Balaban J connectivity index is 2.41. The van der Waals surface area contributed by atoms with E-state index in [-0.39, 0.29) is 6.61 Å². The fraction of sp³-hybridized carbons (Fsp3) is 0.333. The zero-order chi connectivity index (χ0) is 13.5. The Morgan fingerprint density at radius 3 is 2.50 bits per heavy atom. The van der Waals surface area contributed by atoms with Crippen LogP contribution >= 0.6 is 11.6 Å². The van der Waals surface area contributed by atoms with E-state index in [1.165, 1.54) is 0 Å². The maximum Gasteiger partial charge on any atom is 0.326 e. The van der Waals surface area contributed by atoms with Crippen LogP contribution in [0.5, 0.6) is 5.75 Å². The van der Waals surface area contributed by atoms with Crippen LogP contribution in [0.25, 0.3) is 0 Å². The van der Waals surface area contributed by atoms with E-state index >= 15 is 0 Å². The lowest BCUT2D eigenvalue weighted by Crippen LogP contribution is -2.42. The summed E-state index contributed by atoms with van der Waals surface area (Å²) in [7, 11) is 0. The van der Waals surface area contributed by atoms with Crippen molar-refractivity contribution in [2.45, 2.75) is 19.4 Å². The number of benzene rings is 1. The normalized spacial score (nSPS) is 11.7. The van der Waals surface area contributed by atoms with Crippen molar-refractivity contribution in [3.05, 3.63) is 29.3 Å². The summed E-state index contributed by atoms with van der Waals surface area (Å²) in [6, 6.07) is 5.65. The maximum absolute atomic E-state index is 11.4. The van der Waals surface area contributed by atoms with E-state index in [0.717, 1.165) is 0 Å². The molecule has 6 heteroatoms. The second-order valence-electron chi connectivity index (χ2n) is 3.61.